The number of hydrogen-bond donors (Lipinski definition) is 0. The van der Waals surface area contributed by atoms with Gasteiger partial charge >= 0.3 is 0 Å². The van der Waals surface area contributed by atoms with Crippen molar-refractivity contribution in [2.45, 2.75) is 13.5 Å². The van der Waals surface area contributed by atoms with Crippen molar-refractivity contribution in [3.8, 4) is 11.4 Å². The van der Waals surface area contributed by atoms with E-state index in [1.165, 1.54) is 0 Å². The van der Waals surface area contributed by atoms with E-state index in [-0.39, 0.29) is 0 Å². The molecule has 0 bridgehead atoms. The molecule has 1 saturated heterocycles. The van der Waals surface area contributed by atoms with Crippen molar-refractivity contribution >= 4 is 9.73 Å². The molecule has 6 nitrogen and oxygen atoms in total. The van der Waals surface area contributed by atoms with E-state index in [1.807, 2.05) is 24.3 Å². The van der Waals surface area contributed by atoms with Crippen LogP contribution in [-0.2, 0) is 21.0 Å². The zero-order valence-corrected chi connectivity index (χ0v) is 12.6. The second-order valence-electron chi connectivity index (χ2n) is 4.92. The van der Waals surface area contributed by atoms with Gasteiger partial charge in [0, 0.05) is 12.5 Å². The molecule has 7 heteroatoms. The Balaban J connectivity index is 1.80. The Morgan fingerprint density at radius 1 is 1.33 bits per heavy atom. The van der Waals surface area contributed by atoms with Crippen LogP contribution in [0.1, 0.15) is 11.5 Å². The maximum Gasteiger partial charge on any atom is 0.223 e. The average molecular weight is 307 g/mol. The number of aryl methyl sites for hydroxylation is 1. The van der Waals surface area contributed by atoms with E-state index in [1.54, 1.807) is 6.92 Å². The van der Waals surface area contributed by atoms with Gasteiger partial charge < -0.3 is 9.26 Å². The summed E-state index contributed by atoms with van der Waals surface area (Å²) < 4.78 is 27.1. The van der Waals surface area contributed by atoms with Crippen LogP contribution in [-0.4, -0.2) is 39.1 Å². The van der Waals surface area contributed by atoms with Gasteiger partial charge in [0.05, 0.1) is 41.0 Å². The Labute approximate surface area is 123 Å². The molecule has 0 N–H and O–H groups in total. The summed E-state index contributed by atoms with van der Waals surface area (Å²) in [5.74, 6) is 2.14. The lowest BCUT2D eigenvalue weighted by atomic mass is 10.1. The van der Waals surface area contributed by atoms with Gasteiger partial charge in [0.1, 0.15) is 0 Å². The third-order valence-electron chi connectivity index (χ3n) is 3.29. The van der Waals surface area contributed by atoms with Crippen LogP contribution < -0.4 is 0 Å². The van der Waals surface area contributed by atoms with Crippen LogP contribution in [0, 0.1) is 6.92 Å². The third-order valence-corrected chi connectivity index (χ3v) is 5.50. The molecule has 1 aliphatic heterocycles. The quantitative estimate of drug-likeness (QED) is 0.867. The van der Waals surface area contributed by atoms with Crippen LogP contribution in [0.2, 0.25) is 0 Å². The fraction of sp³-hybridized carbons (Fsp3) is 0.429. The fourth-order valence-corrected chi connectivity index (χ4v) is 3.73. The molecule has 1 aromatic carbocycles. The molecule has 112 valence electrons. The first-order chi connectivity index (χ1) is 10.1. The first kappa shape index (κ1) is 14.2. The Morgan fingerprint density at radius 2 is 2.14 bits per heavy atom. The van der Waals surface area contributed by atoms with Gasteiger partial charge in [-0.3, -0.25) is 0 Å². The smallest absolute Gasteiger partial charge is 0.223 e. The largest absolute Gasteiger partial charge is 0.379 e. The number of hydrogen-bond acceptors (Lipinski definition) is 6. The molecule has 0 radical (unpaired) electrons. The predicted octanol–water partition coefficient (Wildman–Crippen LogP) is 2.04. The normalized spacial score (nSPS) is 17.6. The Bertz CT molecular complexity index is 735. The molecule has 0 atom stereocenters. The molecule has 2 heterocycles. The molecule has 1 aliphatic rings. The lowest BCUT2D eigenvalue weighted by Gasteiger charge is -2.16. The maximum atomic E-state index is 12.5. The minimum Gasteiger partial charge on any atom is -0.379 e. The third kappa shape index (κ3) is 3.48. The lowest BCUT2D eigenvalue weighted by molar-refractivity contribution is 0.158. The van der Waals surface area contributed by atoms with Crippen LogP contribution >= 0.6 is 0 Å². The summed E-state index contributed by atoms with van der Waals surface area (Å²) >= 11 is 0. The molecule has 2 aromatic rings. The van der Waals surface area contributed by atoms with Gasteiger partial charge in [0.25, 0.3) is 0 Å². The zero-order valence-electron chi connectivity index (χ0n) is 11.8. The van der Waals surface area contributed by atoms with E-state index >= 15 is 0 Å². The SMILES string of the molecule is Cc1nc(-c2cccc(CN=S3(=O)CCOCC3)c2)no1. The lowest BCUT2D eigenvalue weighted by Crippen LogP contribution is -2.25. The highest BCUT2D eigenvalue weighted by Crippen LogP contribution is 2.18. The standard InChI is InChI=1S/C14H17N3O3S/c1-11-16-14(17-20-11)13-4-2-3-12(9-13)10-15-21(18)7-5-19-6-8-21/h2-4,9H,5-8,10H2,1H3. The van der Waals surface area contributed by atoms with Gasteiger partial charge in [-0.25, -0.2) is 8.57 Å². The number of ether oxygens (including phenoxy) is 1. The average Bonchev–Trinajstić information content (AvgIpc) is 2.93. The van der Waals surface area contributed by atoms with Gasteiger partial charge in [-0.1, -0.05) is 23.4 Å². The highest BCUT2D eigenvalue weighted by Gasteiger charge is 2.14. The number of nitrogens with zero attached hydrogens (tertiary/aromatic N) is 3. The summed E-state index contributed by atoms with van der Waals surface area (Å²) in [5, 5.41) is 3.90. The Morgan fingerprint density at radius 3 is 2.86 bits per heavy atom. The van der Waals surface area contributed by atoms with E-state index in [0.29, 0.717) is 43.0 Å². The number of rotatable bonds is 3. The van der Waals surface area contributed by atoms with Gasteiger partial charge in [0.15, 0.2) is 0 Å². The van der Waals surface area contributed by atoms with Crippen molar-refractivity contribution in [1.82, 2.24) is 10.1 Å². The summed E-state index contributed by atoms with van der Waals surface area (Å²) in [6.07, 6.45) is 0. The van der Waals surface area contributed by atoms with E-state index in [2.05, 4.69) is 14.5 Å². The molecule has 0 aliphatic carbocycles. The van der Waals surface area contributed by atoms with Crippen LogP contribution in [0.5, 0.6) is 0 Å². The highest BCUT2D eigenvalue weighted by atomic mass is 32.2. The molecule has 21 heavy (non-hydrogen) atoms. The summed E-state index contributed by atoms with van der Waals surface area (Å²) in [5.41, 5.74) is 1.87. The topological polar surface area (TPSA) is 77.6 Å². The molecule has 0 unspecified atom stereocenters. The minimum atomic E-state index is -2.11. The molecule has 1 aromatic heterocycles. The first-order valence-electron chi connectivity index (χ1n) is 6.80. The molecular weight excluding hydrogens is 290 g/mol. The van der Waals surface area contributed by atoms with E-state index < -0.39 is 9.73 Å². The van der Waals surface area contributed by atoms with Gasteiger partial charge in [0.2, 0.25) is 11.7 Å². The molecule has 3 rings (SSSR count). The summed E-state index contributed by atoms with van der Waals surface area (Å²) in [7, 11) is -2.11. The van der Waals surface area contributed by atoms with E-state index in [9.17, 15) is 4.21 Å². The van der Waals surface area contributed by atoms with Crippen molar-refractivity contribution < 1.29 is 13.5 Å². The molecular formula is C14H17N3O3S. The number of aromatic nitrogens is 2. The van der Waals surface area contributed by atoms with E-state index in [4.69, 9.17) is 9.26 Å². The van der Waals surface area contributed by atoms with Crippen LogP contribution in [0.4, 0.5) is 0 Å². The summed E-state index contributed by atoms with van der Waals surface area (Å²) in [6.45, 7) is 3.25. The van der Waals surface area contributed by atoms with Crippen molar-refractivity contribution in [2.75, 3.05) is 24.7 Å². The second-order valence-corrected chi connectivity index (χ2v) is 7.54. The summed E-state index contributed by atoms with van der Waals surface area (Å²) in [6, 6.07) is 7.75. The zero-order chi connectivity index (χ0) is 14.7. The minimum absolute atomic E-state index is 0.434. The molecule has 0 amide bonds. The van der Waals surface area contributed by atoms with Crippen molar-refractivity contribution in [3.05, 3.63) is 35.7 Å². The molecule has 1 fully saturated rings. The summed E-state index contributed by atoms with van der Waals surface area (Å²) in [4.78, 5) is 4.20. The van der Waals surface area contributed by atoms with Gasteiger partial charge in [-0.15, -0.1) is 0 Å². The van der Waals surface area contributed by atoms with Crippen LogP contribution in [0.3, 0.4) is 0 Å². The fourth-order valence-electron chi connectivity index (χ4n) is 2.13. The number of benzene rings is 1. The second kappa shape index (κ2) is 5.95. The highest BCUT2D eigenvalue weighted by molar-refractivity contribution is 7.93. The maximum absolute atomic E-state index is 12.5. The Kier molecular flexibility index (Phi) is 4.03. The van der Waals surface area contributed by atoms with Gasteiger partial charge in [-0.2, -0.15) is 4.98 Å². The monoisotopic (exact) mass is 307 g/mol. The first-order valence-corrected chi connectivity index (χ1v) is 8.66. The molecule has 0 saturated carbocycles. The van der Waals surface area contributed by atoms with E-state index in [0.717, 1.165) is 11.1 Å². The van der Waals surface area contributed by atoms with Crippen LogP contribution in [0.15, 0.2) is 33.2 Å². The Hall–Kier alpha value is -1.73. The van der Waals surface area contributed by atoms with Crippen molar-refractivity contribution in [3.63, 3.8) is 0 Å². The van der Waals surface area contributed by atoms with Crippen LogP contribution in [0.25, 0.3) is 11.4 Å². The van der Waals surface area contributed by atoms with Crippen molar-refractivity contribution in [2.24, 2.45) is 4.36 Å². The van der Waals surface area contributed by atoms with Gasteiger partial charge in [-0.05, 0) is 11.6 Å². The predicted molar refractivity (Wildman–Crippen MR) is 79.3 cm³/mol. The van der Waals surface area contributed by atoms with Crippen molar-refractivity contribution in [1.29, 1.82) is 0 Å². The molecule has 0 spiro atoms.